The molecule has 5 nitrogen and oxygen atoms in total. The van der Waals surface area contributed by atoms with Gasteiger partial charge in [0, 0.05) is 34.8 Å². The number of amides is 1. The van der Waals surface area contributed by atoms with Gasteiger partial charge in [0.2, 0.25) is 5.91 Å². The lowest BCUT2D eigenvalue weighted by Crippen LogP contribution is -2.52. The fourth-order valence-corrected chi connectivity index (χ4v) is 4.26. The maximum absolute atomic E-state index is 12.5. The number of guanidine groups is 1. The highest BCUT2D eigenvalue weighted by molar-refractivity contribution is 7.12. The van der Waals surface area contributed by atoms with Crippen molar-refractivity contribution in [1.29, 1.82) is 0 Å². The van der Waals surface area contributed by atoms with E-state index >= 15 is 0 Å². The van der Waals surface area contributed by atoms with Crippen LogP contribution < -0.4 is 5.73 Å². The zero-order valence-corrected chi connectivity index (χ0v) is 15.4. The molecule has 2 N–H and O–H groups in total. The Morgan fingerprint density at radius 1 is 1.29 bits per heavy atom. The number of carbonyl (C=O) groups excluding carboxylic acids is 1. The number of rotatable bonds is 2. The lowest BCUT2D eigenvalue weighted by Gasteiger charge is -2.37. The van der Waals surface area contributed by atoms with Crippen LogP contribution in [0.25, 0.3) is 11.1 Å². The number of aryl methyl sites for hydroxylation is 2. The average Bonchev–Trinajstić information content (AvgIpc) is 2.93. The number of thiophene rings is 1. The van der Waals surface area contributed by atoms with Crippen LogP contribution >= 0.6 is 11.3 Å². The van der Waals surface area contributed by atoms with Crippen molar-refractivity contribution in [3.8, 4) is 11.1 Å². The highest BCUT2D eigenvalue weighted by atomic mass is 32.1. The summed E-state index contributed by atoms with van der Waals surface area (Å²) in [7, 11) is 1.67. The molecule has 1 amide bonds. The molecule has 0 bridgehead atoms. The summed E-state index contributed by atoms with van der Waals surface area (Å²) in [6.07, 6.45) is 3.71. The molecule has 6 heteroatoms. The molecular formula is C18H22N4OS. The summed E-state index contributed by atoms with van der Waals surface area (Å²) >= 11 is 1.67. The molecule has 2 aromatic heterocycles. The molecule has 3 heterocycles. The predicted molar refractivity (Wildman–Crippen MR) is 97.9 cm³/mol. The lowest BCUT2D eigenvalue weighted by atomic mass is 9.83. The fraction of sp³-hybridized carbons (Fsp3) is 0.389. The van der Waals surface area contributed by atoms with Crippen LogP contribution in [0.3, 0.4) is 0 Å². The molecule has 0 spiro atoms. The fourth-order valence-electron chi connectivity index (χ4n) is 3.04. The topological polar surface area (TPSA) is 71.6 Å². The number of hydrogen-bond donors (Lipinski definition) is 1. The molecule has 0 unspecified atom stereocenters. The van der Waals surface area contributed by atoms with Gasteiger partial charge in [-0.15, -0.1) is 11.3 Å². The van der Waals surface area contributed by atoms with E-state index in [1.165, 1.54) is 9.78 Å². The van der Waals surface area contributed by atoms with Crippen LogP contribution in [0.4, 0.5) is 0 Å². The van der Waals surface area contributed by atoms with Gasteiger partial charge in [-0.1, -0.05) is 6.92 Å². The van der Waals surface area contributed by atoms with Gasteiger partial charge in [-0.2, -0.15) is 0 Å². The minimum absolute atomic E-state index is 0.00479. The molecular weight excluding hydrogens is 320 g/mol. The van der Waals surface area contributed by atoms with Crippen molar-refractivity contribution in [3.05, 3.63) is 39.8 Å². The van der Waals surface area contributed by atoms with E-state index in [9.17, 15) is 4.79 Å². The SMILES string of the molecule is Cc1cncc(-c2cc([C@@]3(C)N=C(N)N(C)C(=O)[C@@H]3C)sc2C)c1. The Labute approximate surface area is 146 Å². The molecule has 0 saturated carbocycles. The van der Waals surface area contributed by atoms with Gasteiger partial charge >= 0.3 is 0 Å². The third kappa shape index (κ3) is 2.51. The standard InChI is InChI=1S/C18H22N4OS/c1-10-6-13(9-20-8-10)14-7-15(24-12(14)3)18(4)11(2)16(23)22(5)17(19)21-18/h6-9,11H,1-5H3,(H2,19,21)/t11-,18-/m0/s1. The second kappa shape index (κ2) is 5.70. The van der Waals surface area contributed by atoms with Gasteiger partial charge in [-0.3, -0.25) is 14.7 Å². The van der Waals surface area contributed by atoms with Gasteiger partial charge in [0.15, 0.2) is 5.96 Å². The molecule has 2 aromatic rings. The highest BCUT2D eigenvalue weighted by Gasteiger charge is 2.44. The molecule has 0 fully saturated rings. The first-order valence-electron chi connectivity index (χ1n) is 7.90. The number of aliphatic imine (C=N–C) groups is 1. The minimum atomic E-state index is -0.640. The molecule has 3 rings (SSSR count). The van der Waals surface area contributed by atoms with E-state index in [0.29, 0.717) is 0 Å². The number of pyridine rings is 1. The van der Waals surface area contributed by atoms with Crippen molar-refractivity contribution in [3.63, 3.8) is 0 Å². The van der Waals surface area contributed by atoms with E-state index in [0.717, 1.165) is 21.6 Å². The maximum atomic E-state index is 12.5. The van der Waals surface area contributed by atoms with Crippen molar-refractivity contribution >= 4 is 23.2 Å². The zero-order valence-electron chi connectivity index (χ0n) is 14.6. The van der Waals surface area contributed by atoms with Crippen LogP contribution in [-0.4, -0.2) is 28.8 Å². The highest BCUT2D eigenvalue weighted by Crippen LogP contribution is 2.44. The number of carbonyl (C=O) groups is 1. The third-order valence-corrected chi connectivity index (χ3v) is 6.11. The molecule has 24 heavy (non-hydrogen) atoms. The Morgan fingerprint density at radius 3 is 2.67 bits per heavy atom. The summed E-state index contributed by atoms with van der Waals surface area (Å²) < 4.78 is 0. The van der Waals surface area contributed by atoms with Crippen molar-refractivity contribution in [1.82, 2.24) is 9.88 Å². The molecule has 0 aliphatic carbocycles. The van der Waals surface area contributed by atoms with Crippen LogP contribution in [0.15, 0.2) is 29.5 Å². The Kier molecular flexibility index (Phi) is 3.95. The number of hydrogen-bond acceptors (Lipinski definition) is 5. The largest absolute Gasteiger partial charge is 0.369 e. The van der Waals surface area contributed by atoms with Crippen LogP contribution in [-0.2, 0) is 10.3 Å². The summed E-state index contributed by atoms with van der Waals surface area (Å²) in [4.78, 5) is 25.1. The van der Waals surface area contributed by atoms with Crippen molar-refractivity contribution in [2.75, 3.05) is 7.05 Å². The van der Waals surface area contributed by atoms with E-state index in [-0.39, 0.29) is 17.8 Å². The Hall–Kier alpha value is -2.21. The number of nitrogens with zero attached hydrogens (tertiary/aromatic N) is 3. The summed E-state index contributed by atoms with van der Waals surface area (Å²) in [5.41, 5.74) is 8.67. The molecule has 0 radical (unpaired) electrons. The number of nitrogens with two attached hydrogens (primary N) is 1. The van der Waals surface area contributed by atoms with E-state index in [1.807, 2.05) is 33.2 Å². The summed E-state index contributed by atoms with van der Waals surface area (Å²) in [6, 6.07) is 4.25. The molecule has 0 saturated heterocycles. The summed E-state index contributed by atoms with van der Waals surface area (Å²) in [5.74, 6) is -0.00316. The number of aromatic nitrogens is 1. The average molecular weight is 342 g/mol. The van der Waals surface area contributed by atoms with Crippen LogP contribution in [0.2, 0.25) is 0 Å². The van der Waals surface area contributed by atoms with E-state index in [4.69, 9.17) is 5.73 Å². The normalized spacial score (nSPS) is 24.2. The monoisotopic (exact) mass is 342 g/mol. The molecule has 126 valence electrons. The first-order valence-corrected chi connectivity index (χ1v) is 8.71. The van der Waals surface area contributed by atoms with Gasteiger partial charge in [-0.25, -0.2) is 4.99 Å². The van der Waals surface area contributed by atoms with Crippen LogP contribution in [0.1, 0.15) is 29.2 Å². The predicted octanol–water partition coefficient (Wildman–Crippen LogP) is 3.06. The van der Waals surface area contributed by atoms with Crippen molar-refractivity contribution in [2.24, 2.45) is 16.6 Å². The van der Waals surface area contributed by atoms with Gasteiger partial charge in [-0.05, 0) is 44.0 Å². The van der Waals surface area contributed by atoms with Crippen molar-refractivity contribution in [2.45, 2.75) is 33.2 Å². The minimum Gasteiger partial charge on any atom is -0.369 e. The zero-order chi connectivity index (χ0) is 17.6. The second-order valence-corrected chi connectivity index (χ2v) is 7.82. The van der Waals surface area contributed by atoms with E-state index in [2.05, 4.69) is 29.0 Å². The first-order chi connectivity index (χ1) is 11.2. The lowest BCUT2D eigenvalue weighted by molar-refractivity contribution is -0.133. The Bertz CT molecular complexity index is 841. The molecule has 0 aromatic carbocycles. The molecule has 1 aliphatic rings. The van der Waals surface area contributed by atoms with Gasteiger partial charge in [0.05, 0.1) is 5.92 Å². The maximum Gasteiger partial charge on any atom is 0.234 e. The quantitative estimate of drug-likeness (QED) is 0.912. The Morgan fingerprint density at radius 2 is 2.00 bits per heavy atom. The van der Waals surface area contributed by atoms with Gasteiger partial charge in [0.1, 0.15) is 5.54 Å². The second-order valence-electron chi connectivity index (χ2n) is 6.57. The third-order valence-electron chi connectivity index (χ3n) is 4.84. The summed E-state index contributed by atoms with van der Waals surface area (Å²) in [6.45, 7) is 8.02. The van der Waals surface area contributed by atoms with Crippen LogP contribution in [0.5, 0.6) is 0 Å². The van der Waals surface area contributed by atoms with Crippen LogP contribution in [0, 0.1) is 19.8 Å². The Balaban J connectivity index is 2.11. The van der Waals surface area contributed by atoms with Crippen molar-refractivity contribution < 1.29 is 4.79 Å². The van der Waals surface area contributed by atoms with Gasteiger partial charge < -0.3 is 5.73 Å². The smallest absolute Gasteiger partial charge is 0.234 e. The van der Waals surface area contributed by atoms with Gasteiger partial charge in [0.25, 0.3) is 0 Å². The van der Waals surface area contributed by atoms with E-state index < -0.39 is 5.54 Å². The summed E-state index contributed by atoms with van der Waals surface area (Å²) in [5, 5.41) is 0. The molecule has 2 atom stereocenters. The molecule has 1 aliphatic heterocycles. The van der Waals surface area contributed by atoms with E-state index in [1.54, 1.807) is 18.4 Å². The first kappa shape index (κ1) is 16.6.